The number of rotatable bonds is 6. The van der Waals surface area contributed by atoms with Gasteiger partial charge in [0, 0.05) is 12.1 Å². The molecule has 2 N–H and O–H groups in total. The van der Waals surface area contributed by atoms with E-state index in [-0.39, 0.29) is 12.6 Å². The van der Waals surface area contributed by atoms with E-state index in [0.29, 0.717) is 11.5 Å². The quantitative estimate of drug-likeness (QED) is 0.778. The smallest absolute Gasteiger partial charge is 0.0585 e. The average molecular weight is 270 g/mol. The normalized spacial score (nSPS) is 21.0. The Labute approximate surface area is 119 Å². The first kappa shape index (κ1) is 16.9. The fourth-order valence-electron chi connectivity index (χ4n) is 3.06. The zero-order valence-corrected chi connectivity index (χ0v) is 13.6. The van der Waals surface area contributed by atoms with Gasteiger partial charge >= 0.3 is 0 Å². The van der Waals surface area contributed by atoms with Crippen LogP contribution in [0.3, 0.4) is 0 Å². The SMILES string of the molecule is CC(C)NC(CO)CCN1CCC(C(C)(C)C)CC1. The van der Waals surface area contributed by atoms with E-state index in [9.17, 15) is 5.11 Å². The molecule has 3 nitrogen and oxygen atoms in total. The first-order chi connectivity index (χ1) is 8.82. The lowest BCUT2D eigenvalue weighted by Crippen LogP contribution is -2.43. The van der Waals surface area contributed by atoms with Crippen molar-refractivity contribution in [1.82, 2.24) is 10.2 Å². The molecule has 1 rings (SSSR count). The molecule has 0 aromatic rings. The first-order valence-corrected chi connectivity index (χ1v) is 7.92. The minimum Gasteiger partial charge on any atom is -0.395 e. The van der Waals surface area contributed by atoms with E-state index in [0.717, 1.165) is 18.9 Å². The van der Waals surface area contributed by atoms with Crippen molar-refractivity contribution in [2.75, 3.05) is 26.2 Å². The van der Waals surface area contributed by atoms with Gasteiger partial charge in [-0.3, -0.25) is 0 Å². The number of hydrogen-bond donors (Lipinski definition) is 2. The van der Waals surface area contributed by atoms with E-state index in [4.69, 9.17) is 0 Å². The van der Waals surface area contributed by atoms with Crippen molar-refractivity contribution in [3.63, 3.8) is 0 Å². The van der Waals surface area contributed by atoms with Crippen LogP contribution in [0.2, 0.25) is 0 Å². The molecule has 19 heavy (non-hydrogen) atoms. The third-order valence-corrected chi connectivity index (χ3v) is 4.40. The van der Waals surface area contributed by atoms with E-state index in [1.807, 2.05) is 0 Å². The fraction of sp³-hybridized carbons (Fsp3) is 1.00. The van der Waals surface area contributed by atoms with E-state index in [1.165, 1.54) is 25.9 Å². The second kappa shape index (κ2) is 7.61. The largest absolute Gasteiger partial charge is 0.395 e. The van der Waals surface area contributed by atoms with Crippen LogP contribution in [0.1, 0.15) is 53.9 Å². The van der Waals surface area contributed by atoms with Crippen molar-refractivity contribution >= 4 is 0 Å². The molecule has 1 fully saturated rings. The highest BCUT2D eigenvalue weighted by molar-refractivity contribution is 4.81. The van der Waals surface area contributed by atoms with E-state index < -0.39 is 0 Å². The second-order valence-electron chi connectivity index (χ2n) is 7.47. The molecule has 0 aromatic carbocycles. The molecule has 1 atom stereocenters. The van der Waals surface area contributed by atoms with Gasteiger partial charge in [-0.25, -0.2) is 0 Å². The van der Waals surface area contributed by atoms with Crippen LogP contribution >= 0.6 is 0 Å². The Bertz CT molecular complexity index is 240. The van der Waals surface area contributed by atoms with E-state index in [2.05, 4.69) is 44.8 Å². The molecule has 3 heteroatoms. The van der Waals surface area contributed by atoms with Crippen LogP contribution in [0.4, 0.5) is 0 Å². The summed E-state index contributed by atoms with van der Waals surface area (Å²) in [6, 6.07) is 0.698. The number of likely N-dealkylation sites (tertiary alicyclic amines) is 1. The second-order valence-corrected chi connectivity index (χ2v) is 7.47. The van der Waals surface area contributed by atoms with Crippen LogP contribution in [0.5, 0.6) is 0 Å². The third-order valence-electron chi connectivity index (χ3n) is 4.40. The molecule has 1 saturated heterocycles. The van der Waals surface area contributed by atoms with Crippen molar-refractivity contribution in [1.29, 1.82) is 0 Å². The van der Waals surface area contributed by atoms with Crippen molar-refractivity contribution in [3.8, 4) is 0 Å². The molecule has 0 aliphatic carbocycles. The number of piperidine rings is 1. The molecule has 0 bridgehead atoms. The molecular formula is C16H34N2O. The van der Waals surface area contributed by atoms with Gasteiger partial charge in [0.1, 0.15) is 0 Å². The number of aliphatic hydroxyl groups is 1. The van der Waals surface area contributed by atoms with Gasteiger partial charge in [-0.15, -0.1) is 0 Å². The standard InChI is InChI=1S/C16H34N2O/c1-13(2)17-15(12-19)8-11-18-9-6-14(7-10-18)16(3,4)5/h13-15,17,19H,6-12H2,1-5H3. The van der Waals surface area contributed by atoms with Gasteiger partial charge in [0.2, 0.25) is 0 Å². The number of aliphatic hydroxyl groups excluding tert-OH is 1. The molecule has 0 amide bonds. The zero-order valence-electron chi connectivity index (χ0n) is 13.6. The Morgan fingerprint density at radius 3 is 2.21 bits per heavy atom. The summed E-state index contributed by atoms with van der Waals surface area (Å²) < 4.78 is 0. The highest BCUT2D eigenvalue weighted by atomic mass is 16.3. The van der Waals surface area contributed by atoms with Gasteiger partial charge in [0.15, 0.2) is 0 Å². The lowest BCUT2D eigenvalue weighted by atomic mass is 9.75. The molecule has 0 spiro atoms. The summed E-state index contributed by atoms with van der Waals surface area (Å²) in [5.41, 5.74) is 0.457. The highest BCUT2D eigenvalue weighted by Gasteiger charge is 2.28. The van der Waals surface area contributed by atoms with E-state index >= 15 is 0 Å². The zero-order chi connectivity index (χ0) is 14.5. The summed E-state index contributed by atoms with van der Waals surface area (Å²) in [5.74, 6) is 0.867. The Hall–Kier alpha value is -0.120. The first-order valence-electron chi connectivity index (χ1n) is 7.92. The summed E-state index contributed by atoms with van der Waals surface area (Å²) in [4.78, 5) is 2.56. The van der Waals surface area contributed by atoms with Crippen LogP contribution in [-0.2, 0) is 0 Å². The Morgan fingerprint density at radius 1 is 1.21 bits per heavy atom. The van der Waals surface area contributed by atoms with Crippen molar-refractivity contribution in [2.24, 2.45) is 11.3 Å². The van der Waals surface area contributed by atoms with Crippen molar-refractivity contribution < 1.29 is 5.11 Å². The topological polar surface area (TPSA) is 35.5 Å². The monoisotopic (exact) mass is 270 g/mol. The lowest BCUT2D eigenvalue weighted by Gasteiger charge is -2.39. The molecule has 1 unspecified atom stereocenters. The van der Waals surface area contributed by atoms with Crippen LogP contribution in [0.15, 0.2) is 0 Å². The molecular weight excluding hydrogens is 236 g/mol. The molecule has 1 heterocycles. The molecule has 0 radical (unpaired) electrons. The molecule has 0 aromatic heterocycles. The van der Waals surface area contributed by atoms with Gasteiger partial charge in [-0.2, -0.15) is 0 Å². The van der Waals surface area contributed by atoms with Crippen LogP contribution < -0.4 is 5.32 Å². The van der Waals surface area contributed by atoms with Gasteiger partial charge in [0.05, 0.1) is 6.61 Å². The predicted molar refractivity (Wildman–Crippen MR) is 82.4 cm³/mol. The van der Waals surface area contributed by atoms with Gasteiger partial charge in [-0.1, -0.05) is 34.6 Å². The maximum atomic E-state index is 9.37. The summed E-state index contributed by atoms with van der Waals surface area (Å²) in [6.45, 7) is 15.2. The summed E-state index contributed by atoms with van der Waals surface area (Å²) in [7, 11) is 0. The van der Waals surface area contributed by atoms with Crippen LogP contribution in [0, 0.1) is 11.3 Å². The number of nitrogens with one attached hydrogen (secondary N) is 1. The van der Waals surface area contributed by atoms with Crippen molar-refractivity contribution in [2.45, 2.75) is 66.0 Å². The average Bonchev–Trinajstić information content (AvgIpc) is 2.33. The summed E-state index contributed by atoms with van der Waals surface area (Å²) in [6.07, 6.45) is 3.70. The maximum absolute atomic E-state index is 9.37. The van der Waals surface area contributed by atoms with Crippen molar-refractivity contribution in [3.05, 3.63) is 0 Å². The van der Waals surface area contributed by atoms with Crippen LogP contribution in [0.25, 0.3) is 0 Å². The Kier molecular flexibility index (Phi) is 6.78. The number of hydrogen-bond acceptors (Lipinski definition) is 3. The number of nitrogens with zero attached hydrogens (tertiary/aromatic N) is 1. The minimum absolute atomic E-state index is 0.247. The van der Waals surface area contributed by atoms with E-state index in [1.54, 1.807) is 0 Å². The highest BCUT2D eigenvalue weighted by Crippen LogP contribution is 2.34. The van der Waals surface area contributed by atoms with Gasteiger partial charge < -0.3 is 15.3 Å². The summed E-state index contributed by atoms with van der Waals surface area (Å²) >= 11 is 0. The van der Waals surface area contributed by atoms with Crippen LogP contribution in [-0.4, -0.2) is 48.3 Å². The Morgan fingerprint density at radius 2 is 1.79 bits per heavy atom. The van der Waals surface area contributed by atoms with Gasteiger partial charge in [-0.05, 0) is 50.2 Å². The third kappa shape index (κ3) is 6.24. The molecule has 1 aliphatic heterocycles. The molecule has 0 saturated carbocycles. The van der Waals surface area contributed by atoms with Gasteiger partial charge in [0.25, 0.3) is 0 Å². The maximum Gasteiger partial charge on any atom is 0.0585 e. The predicted octanol–water partition coefficient (Wildman–Crippen LogP) is 2.49. The Balaban J connectivity index is 2.25. The molecule has 1 aliphatic rings. The molecule has 114 valence electrons. The fourth-order valence-corrected chi connectivity index (χ4v) is 3.06. The lowest BCUT2D eigenvalue weighted by molar-refractivity contribution is 0.106. The minimum atomic E-state index is 0.247. The summed E-state index contributed by atoms with van der Waals surface area (Å²) in [5, 5.41) is 12.8.